The minimum atomic E-state index is -0.594. The first-order valence-corrected chi connectivity index (χ1v) is 5.81. The summed E-state index contributed by atoms with van der Waals surface area (Å²) in [6, 6.07) is 8.81. The van der Waals surface area contributed by atoms with Crippen LogP contribution in [0.1, 0.15) is 5.56 Å². The van der Waals surface area contributed by atoms with Crippen molar-refractivity contribution in [2.75, 3.05) is 12.4 Å². The summed E-state index contributed by atoms with van der Waals surface area (Å²) in [5.74, 6) is -0.149. The van der Waals surface area contributed by atoms with Crippen LogP contribution in [0.2, 0.25) is 0 Å². The number of hydrogen-bond acceptors (Lipinski definition) is 5. The molecule has 0 bridgehead atoms. The number of rotatable bonds is 5. The molecule has 0 spiro atoms. The quantitative estimate of drug-likeness (QED) is 0.671. The second kappa shape index (κ2) is 5.96. The Morgan fingerprint density at radius 3 is 2.75 bits per heavy atom. The molecule has 0 aliphatic carbocycles. The standard InChI is InChI=1S/C13H12FN3O3/c1-15-12-7-6-11(17(18)19)13(16-12)20-8-9-4-2-3-5-10(9)14/h2-7H,8H2,1H3,(H,15,16). The van der Waals surface area contributed by atoms with Crippen molar-refractivity contribution in [1.29, 1.82) is 0 Å². The normalized spacial score (nSPS) is 10.1. The Morgan fingerprint density at radius 1 is 1.35 bits per heavy atom. The molecule has 1 aromatic carbocycles. The molecule has 0 saturated carbocycles. The van der Waals surface area contributed by atoms with E-state index in [0.29, 0.717) is 11.4 Å². The number of ether oxygens (including phenoxy) is 1. The monoisotopic (exact) mass is 277 g/mol. The lowest BCUT2D eigenvalue weighted by atomic mass is 10.2. The van der Waals surface area contributed by atoms with Crippen molar-refractivity contribution >= 4 is 11.5 Å². The van der Waals surface area contributed by atoms with Crippen molar-refractivity contribution in [3.05, 3.63) is 57.9 Å². The van der Waals surface area contributed by atoms with Crippen LogP contribution in [0.25, 0.3) is 0 Å². The van der Waals surface area contributed by atoms with Gasteiger partial charge in [0.15, 0.2) is 0 Å². The van der Waals surface area contributed by atoms with E-state index in [0.717, 1.165) is 0 Å². The van der Waals surface area contributed by atoms with Crippen molar-refractivity contribution in [2.24, 2.45) is 0 Å². The number of benzene rings is 1. The highest BCUT2D eigenvalue weighted by molar-refractivity contribution is 5.48. The Kier molecular flexibility index (Phi) is 4.09. The molecular formula is C13H12FN3O3. The number of anilines is 1. The van der Waals surface area contributed by atoms with Gasteiger partial charge < -0.3 is 10.1 Å². The summed E-state index contributed by atoms with van der Waals surface area (Å²) in [5, 5.41) is 13.6. The van der Waals surface area contributed by atoms with Crippen LogP contribution in [-0.4, -0.2) is 17.0 Å². The zero-order valence-corrected chi connectivity index (χ0v) is 10.7. The van der Waals surface area contributed by atoms with Crippen LogP contribution < -0.4 is 10.1 Å². The van der Waals surface area contributed by atoms with E-state index in [-0.39, 0.29) is 18.2 Å². The number of nitrogens with one attached hydrogen (secondary N) is 1. The molecule has 1 N–H and O–H groups in total. The van der Waals surface area contributed by atoms with Crippen LogP contribution in [0.5, 0.6) is 5.88 Å². The predicted molar refractivity (Wildman–Crippen MR) is 71.2 cm³/mol. The lowest BCUT2D eigenvalue weighted by molar-refractivity contribution is -0.386. The third kappa shape index (κ3) is 3.00. The Balaban J connectivity index is 2.24. The zero-order valence-electron chi connectivity index (χ0n) is 10.7. The lowest BCUT2D eigenvalue weighted by Crippen LogP contribution is -2.04. The minimum Gasteiger partial charge on any atom is -0.468 e. The first-order chi connectivity index (χ1) is 9.61. The molecule has 0 unspecified atom stereocenters. The number of aromatic nitrogens is 1. The lowest BCUT2D eigenvalue weighted by Gasteiger charge is -2.08. The molecule has 0 atom stereocenters. The summed E-state index contributed by atoms with van der Waals surface area (Å²) in [6.07, 6.45) is 0. The molecule has 0 aliphatic heterocycles. The van der Waals surface area contributed by atoms with Crippen molar-refractivity contribution < 1.29 is 14.1 Å². The summed E-state index contributed by atoms with van der Waals surface area (Å²) < 4.78 is 18.7. The summed E-state index contributed by atoms with van der Waals surface area (Å²) in [7, 11) is 1.63. The fourth-order valence-corrected chi connectivity index (χ4v) is 1.58. The molecule has 2 rings (SSSR count). The van der Waals surface area contributed by atoms with Crippen LogP contribution in [0.15, 0.2) is 36.4 Å². The maximum absolute atomic E-state index is 13.5. The van der Waals surface area contributed by atoms with Crippen molar-refractivity contribution in [1.82, 2.24) is 4.98 Å². The van der Waals surface area contributed by atoms with E-state index in [4.69, 9.17) is 4.74 Å². The maximum Gasteiger partial charge on any atom is 0.331 e. The SMILES string of the molecule is CNc1ccc([N+](=O)[O-])c(OCc2ccccc2F)n1. The van der Waals surface area contributed by atoms with Crippen molar-refractivity contribution in [2.45, 2.75) is 6.61 Å². The second-order valence-electron chi connectivity index (χ2n) is 3.91. The van der Waals surface area contributed by atoms with Gasteiger partial charge in [0.1, 0.15) is 18.2 Å². The highest BCUT2D eigenvalue weighted by Crippen LogP contribution is 2.27. The molecule has 0 aliphatic rings. The Labute approximate surface area is 114 Å². The first-order valence-electron chi connectivity index (χ1n) is 5.81. The average Bonchev–Trinajstić information content (AvgIpc) is 2.46. The highest BCUT2D eigenvalue weighted by Gasteiger charge is 2.18. The van der Waals surface area contributed by atoms with Crippen molar-refractivity contribution in [3.63, 3.8) is 0 Å². The fraction of sp³-hybridized carbons (Fsp3) is 0.154. The highest BCUT2D eigenvalue weighted by atomic mass is 19.1. The molecule has 1 aromatic heterocycles. The molecule has 7 heteroatoms. The first kappa shape index (κ1) is 13.7. The van der Waals surface area contributed by atoms with Gasteiger partial charge in [-0.1, -0.05) is 18.2 Å². The van der Waals surface area contributed by atoms with Crippen LogP contribution >= 0.6 is 0 Å². The number of halogens is 1. The molecule has 104 valence electrons. The summed E-state index contributed by atoms with van der Waals surface area (Å²) >= 11 is 0. The van der Waals surface area contributed by atoms with E-state index in [1.54, 1.807) is 25.2 Å². The third-order valence-electron chi connectivity index (χ3n) is 2.62. The molecule has 0 saturated heterocycles. The molecule has 6 nitrogen and oxygen atoms in total. The minimum absolute atomic E-state index is 0.131. The van der Waals surface area contributed by atoms with Crippen LogP contribution in [0.4, 0.5) is 15.9 Å². The molecule has 0 amide bonds. The summed E-state index contributed by atoms with van der Waals surface area (Å²) in [5.41, 5.74) is 0.0406. The topological polar surface area (TPSA) is 77.3 Å². The van der Waals surface area contributed by atoms with Gasteiger partial charge in [0.2, 0.25) is 0 Å². The van der Waals surface area contributed by atoms with E-state index in [2.05, 4.69) is 10.3 Å². The van der Waals surface area contributed by atoms with Gasteiger partial charge in [-0.25, -0.2) is 4.39 Å². The Hall–Kier alpha value is -2.70. The predicted octanol–water partition coefficient (Wildman–Crippen LogP) is 2.75. The van der Waals surface area contributed by atoms with E-state index < -0.39 is 10.7 Å². The van der Waals surface area contributed by atoms with E-state index in [1.165, 1.54) is 18.2 Å². The van der Waals surface area contributed by atoms with Crippen LogP contribution in [-0.2, 0) is 6.61 Å². The maximum atomic E-state index is 13.5. The number of hydrogen-bond donors (Lipinski definition) is 1. The summed E-state index contributed by atoms with van der Waals surface area (Å²) in [6.45, 7) is -0.131. The van der Waals surface area contributed by atoms with Gasteiger partial charge in [-0.2, -0.15) is 4.98 Å². The number of nitrogens with zero attached hydrogens (tertiary/aromatic N) is 2. The molecule has 2 aromatic rings. The van der Waals surface area contributed by atoms with E-state index in [1.807, 2.05) is 0 Å². The van der Waals surface area contributed by atoms with Crippen LogP contribution in [0.3, 0.4) is 0 Å². The third-order valence-corrected chi connectivity index (χ3v) is 2.62. The van der Waals surface area contributed by atoms with Crippen LogP contribution in [0, 0.1) is 15.9 Å². The fourth-order valence-electron chi connectivity index (χ4n) is 1.58. The molecule has 0 fully saturated rings. The zero-order chi connectivity index (χ0) is 14.5. The smallest absolute Gasteiger partial charge is 0.331 e. The number of nitro groups is 1. The molecule has 20 heavy (non-hydrogen) atoms. The van der Waals surface area contributed by atoms with E-state index >= 15 is 0 Å². The van der Waals surface area contributed by atoms with E-state index in [9.17, 15) is 14.5 Å². The largest absolute Gasteiger partial charge is 0.468 e. The van der Waals surface area contributed by atoms with Gasteiger partial charge in [0.25, 0.3) is 5.88 Å². The molecule has 0 radical (unpaired) electrons. The average molecular weight is 277 g/mol. The Morgan fingerprint density at radius 2 is 2.10 bits per heavy atom. The second-order valence-corrected chi connectivity index (χ2v) is 3.91. The Bertz CT molecular complexity index is 634. The van der Waals surface area contributed by atoms with Gasteiger partial charge in [-0.3, -0.25) is 10.1 Å². The molecule has 1 heterocycles. The summed E-state index contributed by atoms with van der Waals surface area (Å²) in [4.78, 5) is 14.3. The van der Waals surface area contributed by atoms with Crippen molar-refractivity contribution in [3.8, 4) is 5.88 Å². The molecular weight excluding hydrogens is 265 g/mol. The van der Waals surface area contributed by atoms with Gasteiger partial charge >= 0.3 is 5.69 Å². The van der Waals surface area contributed by atoms with Gasteiger partial charge in [0, 0.05) is 18.7 Å². The van der Waals surface area contributed by atoms with Gasteiger partial charge in [0.05, 0.1) is 4.92 Å². The number of pyridine rings is 1. The van der Waals surface area contributed by atoms with Gasteiger partial charge in [-0.15, -0.1) is 0 Å². The van der Waals surface area contributed by atoms with Gasteiger partial charge in [-0.05, 0) is 12.1 Å².